The van der Waals surface area contributed by atoms with Crippen LogP contribution >= 0.6 is 0 Å². The number of nitrogens with two attached hydrogens (primary N) is 1. The Morgan fingerprint density at radius 2 is 1.74 bits per heavy atom. The molecule has 0 unspecified atom stereocenters. The fourth-order valence-corrected chi connectivity index (χ4v) is 2.46. The summed E-state index contributed by atoms with van der Waals surface area (Å²) in [4.78, 5) is 9.15. The molecule has 1 aromatic rings. The van der Waals surface area contributed by atoms with Crippen LogP contribution in [-0.2, 0) is 0 Å². The van der Waals surface area contributed by atoms with Crippen LogP contribution < -0.4 is 11.1 Å². The first kappa shape index (κ1) is 14.1. The summed E-state index contributed by atoms with van der Waals surface area (Å²) in [7, 11) is 0. The third kappa shape index (κ3) is 2.82. The van der Waals surface area contributed by atoms with Crippen LogP contribution in [0, 0.1) is 6.92 Å². The summed E-state index contributed by atoms with van der Waals surface area (Å²) in [6.45, 7) is 8.67. The Morgan fingerprint density at radius 3 is 2.21 bits per heavy atom. The van der Waals surface area contributed by atoms with Gasteiger partial charge in [0, 0.05) is 17.0 Å². The summed E-state index contributed by atoms with van der Waals surface area (Å²) in [5.74, 6) is 3.00. The van der Waals surface area contributed by atoms with E-state index in [1.807, 2.05) is 6.92 Å². The zero-order chi connectivity index (χ0) is 14.0. The Bertz CT molecular complexity index is 439. The SMILES string of the molecule is CCC(CC)(CC)Nc1nc(C2CC2)nc(N)c1C. The van der Waals surface area contributed by atoms with Crippen molar-refractivity contribution in [2.24, 2.45) is 0 Å². The lowest BCUT2D eigenvalue weighted by atomic mass is 9.89. The second kappa shape index (κ2) is 5.35. The van der Waals surface area contributed by atoms with Crippen molar-refractivity contribution >= 4 is 11.6 Å². The number of nitrogens with one attached hydrogen (secondary N) is 1. The van der Waals surface area contributed by atoms with Gasteiger partial charge in [0.25, 0.3) is 0 Å². The molecule has 1 heterocycles. The van der Waals surface area contributed by atoms with Crippen LogP contribution in [-0.4, -0.2) is 15.5 Å². The quantitative estimate of drug-likeness (QED) is 0.821. The molecule has 2 rings (SSSR count). The van der Waals surface area contributed by atoms with Gasteiger partial charge in [0.05, 0.1) is 0 Å². The molecule has 0 aliphatic heterocycles. The fourth-order valence-electron chi connectivity index (χ4n) is 2.46. The standard InChI is InChI=1S/C15H26N4/c1-5-15(6-2,7-3)19-13-10(4)12(16)17-14(18-13)11-8-9-11/h11H,5-9H2,1-4H3,(H3,16,17,18,19). The Balaban J connectivity index is 2.32. The molecule has 0 atom stereocenters. The topological polar surface area (TPSA) is 63.8 Å². The van der Waals surface area contributed by atoms with Crippen LogP contribution in [0.2, 0.25) is 0 Å². The molecule has 106 valence electrons. The van der Waals surface area contributed by atoms with Crippen LogP contribution in [0.1, 0.15) is 70.2 Å². The van der Waals surface area contributed by atoms with E-state index >= 15 is 0 Å². The highest BCUT2D eigenvalue weighted by molar-refractivity contribution is 5.56. The number of anilines is 2. The summed E-state index contributed by atoms with van der Waals surface area (Å²) < 4.78 is 0. The first-order valence-corrected chi connectivity index (χ1v) is 7.47. The summed E-state index contributed by atoms with van der Waals surface area (Å²) in [5, 5.41) is 3.64. The molecule has 0 aromatic carbocycles. The van der Waals surface area contributed by atoms with Crippen LogP contribution in [0.25, 0.3) is 0 Å². The van der Waals surface area contributed by atoms with E-state index < -0.39 is 0 Å². The van der Waals surface area contributed by atoms with Gasteiger partial charge in [-0.25, -0.2) is 9.97 Å². The van der Waals surface area contributed by atoms with Gasteiger partial charge in [-0.05, 0) is 39.0 Å². The molecular weight excluding hydrogens is 236 g/mol. The summed E-state index contributed by atoms with van der Waals surface area (Å²) in [6, 6.07) is 0. The molecule has 1 aliphatic rings. The predicted molar refractivity (Wildman–Crippen MR) is 80.4 cm³/mol. The third-order valence-corrected chi connectivity index (χ3v) is 4.56. The van der Waals surface area contributed by atoms with Crippen molar-refractivity contribution < 1.29 is 0 Å². The normalized spacial score (nSPS) is 15.6. The highest BCUT2D eigenvalue weighted by Gasteiger charge is 2.30. The average Bonchev–Trinajstić information content (AvgIpc) is 3.25. The molecule has 0 amide bonds. The summed E-state index contributed by atoms with van der Waals surface area (Å²) in [5.41, 5.74) is 7.13. The maximum Gasteiger partial charge on any atom is 0.136 e. The lowest BCUT2D eigenvalue weighted by Crippen LogP contribution is -2.37. The van der Waals surface area contributed by atoms with Crippen LogP contribution in [0.4, 0.5) is 11.6 Å². The van der Waals surface area contributed by atoms with Gasteiger partial charge in [0.2, 0.25) is 0 Å². The van der Waals surface area contributed by atoms with E-state index in [4.69, 9.17) is 10.7 Å². The summed E-state index contributed by atoms with van der Waals surface area (Å²) >= 11 is 0. The Kier molecular flexibility index (Phi) is 3.97. The van der Waals surface area contributed by atoms with Crippen molar-refractivity contribution in [2.45, 2.75) is 71.3 Å². The number of nitrogens with zero attached hydrogens (tertiary/aromatic N) is 2. The van der Waals surface area contributed by atoms with Crippen molar-refractivity contribution in [3.05, 3.63) is 11.4 Å². The number of aromatic nitrogens is 2. The second-order valence-electron chi connectivity index (χ2n) is 5.68. The Labute approximate surface area is 116 Å². The second-order valence-corrected chi connectivity index (χ2v) is 5.68. The van der Waals surface area contributed by atoms with Crippen LogP contribution in [0.15, 0.2) is 0 Å². The number of nitrogen functional groups attached to an aromatic ring is 1. The smallest absolute Gasteiger partial charge is 0.136 e. The fraction of sp³-hybridized carbons (Fsp3) is 0.733. The molecule has 3 N–H and O–H groups in total. The first-order valence-electron chi connectivity index (χ1n) is 7.47. The molecule has 0 bridgehead atoms. The molecule has 1 aromatic heterocycles. The van der Waals surface area contributed by atoms with E-state index in [0.717, 1.165) is 36.5 Å². The van der Waals surface area contributed by atoms with Gasteiger partial charge in [0.15, 0.2) is 0 Å². The molecule has 1 aliphatic carbocycles. The monoisotopic (exact) mass is 262 g/mol. The first-order chi connectivity index (χ1) is 9.05. The minimum absolute atomic E-state index is 0.117. The van der Waals surface area contributed by atoms with Crippen molar-refractivity contribution in [3.63, 3.8) is 0 Å². The van der Waals surface area contributed by atoms with E-state index in [9.17, 15) is 0 Å². The van der Waals surface area contributed by atoms with E-state index in [-0.39, 0.29) is 5.54 Å². The number of hydrogen-bond acceptors (Lipinski definition) is 4. The van der Waals surface area contributed by atoms with Gasteiger partial charge in [-0.2, -0.15) is 0 Å². The van der Waals surface area contributed by atoms with Crippen LogP contribution in [0.3, 0.4) is 0 Å². The lowest BCUT2D eigenvalue weighted by Gasteiger charge is -2.33. The van der Waals surface area contributed by atoms with Crippen molar-refractivity contribution in [1.82, 2.24) is 9.97 Å². The Morgan fingerprint density at radius 1 is 1.16 bits per heavy atom. The van der Waals surface area contributed by atoms with Gasteiger partial charge in [0.1, 0.15) is 17.5 Å². The highest BCUT2D eigenvalue weighted by atomic mass is 15.1. The molecular formula is C15H26N4. The van der Waals surface area contributed by atoms with Crippen molar-refractivity contribution in [3.8, 4) is 0 Å². The largest absolute Gasteiger partial charge is 0.383 e. The predicted octanol–water partition coefficient (Wildman–Crippen LogP) is 3.63. The van der Waals surface area contributed by atoms with E-state index in [2.05, 4.69) is 31.1 Å². The third-order valence-electron chi connectivity index (χ3n) is 4.56. The van der Waals surface area contributed by atoms with E-state index in [1.165, 1.54) is 12.8 Å². The molecule has 1 fully saturated rings. The van der Waals surface area contributed by atoms with E-state index in [1.54, 1.807) is 0 Å². The zero-order valence-corrected chi connectivity index (χ0v) is 12.6. The molecule has 19 heavy (non-hydrogen) atoms. The lowest BCUT2D eigenvalue weighted by molar-refractivity contribution is 0.418. The van der Waals surface area contributed by atoms with Crippen LogP contribution in [0.5, 0.6) is 0 Å². The minimum Gasteiger partial charge on any atom is -0.383 e. The molecule has 1 saturated carbocycles. The van der Waals surface area contributed by atoms with E-state index in [0.29, 0.717) is 11.7 Å². The van der Waals surface area contributed by atoms with Gasteiger partial charge >= 0.3 is 0 Å². The number of rotatable bonds is 6. The van der Waals surface area contributed by atoms with Gasteiger partial charge in [-0.1, -0.05) is 20.8 Å². The number of hydrogen-bond donors (Lipinski definition) is 2. The van der Waals surface area contributed by atoms with Crippen molar-refractivity contribution in [1.29, 1.82) is 0 Å². The van der Waals surface area contributed by atoms with Gasteiger partial charge in [-0.15, -0.1) is 0 Å². The highest BCUT2D eigenvalue weighted by Crippen LogP contribution is 2.39. The molecule has 4 heteroatoms. The summed E-state index contributed by atoms with van der Waals surface area (Å²) in [6.07, 6.45) is 5.65. The van der Waals surface area contributed by atoms with Crippen molar-refractivity contribution in [2.75, 3.05) is 11.1 Å². The molecule has 0 spiro atoms. The average molecular weight is 262 g/mol. The zero-order valence-electron chi connectivity index (χ0n) is 12.6. The maximum atomic E-state index is 6.04. The van der Waals surface area contributed by atoms with Gasteiger partial charge < -0.3 is 11.1 Å². The molecule has 4 nitrogen and oxygen atoms in total. The molecule has 0 radical (unpaired) electrons. The Hall–Kier alpha value is -1.32. The van der Waals surface area contributed by atoms with Gasteiger partial charge in [-0.3, -0.25) is 0 Å². The minimum atomic E-state index is 0.117. The maximum absolute atomic E-state index is 6.04. The molecule has 0 saturated heterocycles.